The molecule has 0 aliphatic heterocycles. The van der Waals surface area contributed by atoms with Crippen molar-refractivity contribution >= 4 is 11.6 Å². The monoisotopic (exact) mass is 268 g/mol. The second-order valence-corrected chi connectivity index (χ2v) is 5.87. The first-order chi connectivity index (χ1) is 9.41. The van der Waals surface area contributed by atoms with Gasteiger partial charge in [-0.25, -0.2) is 0 Å². The van der Waals surface area contributed by atoms with Crippen molar-refractivity contribution in [3.8, 4) is 0 Å². The number of para-hydroxylation sites is 1. The molecule has 2 rings (SSSR count). The first-order valence-corrected chi connectivity index (χ1v) is 6.69. The van der Waals surface area contributed by atoms with Crippen molar-refractivity contribution < 1.29 is 4.79 Å². The minimum Gasteiger partial charge on any atom is -0.311 e. The number of amides is 1. The summed E-state index contributed by atoms with van der Waals surface area (Å²) in [6.07, 6.45) is 3.27. The molecule has 0 atom stereocenters. The highest BCUT2D eigenvalue weighted by molar-refractivity contribution is 6.06. The van der Waals surface area contributed by atoms with Crippen molar-refractivity contribution in [1.29, 1.82) is 0 Å². The maximum absolute atomic E-state index is 12.5. The molecule has 0 radical (unpaired) electrons. The second-order valence-electron chi connectivity index (χ2n) is 5.87. The molecule has 0 unspecified atom stereocenters. The van der Waals surface area contributed by atoms with E-state index in [1.807, 2.05) is 25.2 Å². The Hall–Kier alpha value is -2.16. The molecule has 0 bridgehead atoms. The number of nitrogens with zero attached hydrogens (tertiary/aromatic N) is 2. The topological polar surface area (TPSA) is 33.2 Å². The number of rotatable bonds is 2. The largest absolute Gasteiger partial charge is 0.311 e. The average molecular weight is 268 g/mol. The van der Waals surface area contributed by atoms with Crippen molar-refractivity contribution in [3.05, 3.63) is 59.9 Å². The fourth-order valence-electron chi connectivity index (χ4n) is 2.20. The lowest BCUT2D eigenvalue weighted by Crippen LogP contribution is -2.29. The Balaban J connectivity index is 2.40. The molecule has 1 aromatic carbocycles. The predicted molar refractivity (Wildman–Crippen MR) is 82.1 cm³/mol. The van der Waals surface area contributed by atoms with Crippen molar-refractivity contribution in [3.63, 3.8) is 0 Å². The van der Waals surface area contributed by atoms with Gasteiger partial charge in [-0.1, -0.05) is 39.0 Å². The van der Waals surface area contributed by atoms with Crippen molar-refractivity contribution in [2.45, 2.75) is 26.2 Å². The summed E-state index contributed by atoms with van der Waals surface area (Å²) >= 11 is 0. The van der Waals surface area contributed by atoms with E-state index in [9.17, 15) is 4.79 Å². The zero-order valence-corrected chi connectivity index (χ0v) is 12.4. The molecule has 1 aromatic heterocycles. The van der Waals surface area contributed by atoms with Crippen molar-refractivity contribution in [2.24, 2.45) is 0 Å². The van der Waals surface area contributed by atoms with Gasteiger partial charge in [-0.3, -0.25) is 9.78 Å². The highest BCUT2D eigenvalue weighted by Gasteiger charge is 2.22. The van der Waals surface area contributed by atoms with Crippen LogP contribution in [0.5, 0.6) is 0 Å². The van der Waals surface area contributed by atoms with Gasteiger partial charge in [-0.05, 0) is 29.2 Å². The van der Waals surface area contributed by atoms with Crippen LogP contribution < -0.4 is 4.90 Å². The minimum absolute atomic E-state index is 0.0105. The molecule has 3 nitrogen and oxygen atoms in total. The van der Waals surface area contributed by atoms with Gasteiger partial charge in [-0.2, -0.15) is 0 Å². The van der Waals surface area contributed by atoms with E-state index in [1.54, 1.807) is 29.4 Å². The summed E-state index contributed by atoms with van der Waals surface area (Å²) in [5.74, 6) is -0.0240. The molecule has 1 heterocycles. The van der Waals surface area contributed by atoms with Crippen LogP contribution in [0.2, 0.25) is 0 Å². The Bertz CT molecular complexity index is 600. The van der Waals surface area contributed by atoms with Crippen LogP contribution in [0, 0.1) is 0 Å². The molecule has 0 saturated heterocycles. The van der Waals surface area contributed by atoms with Gasteiger partial charge in [0.1, 0.15) is 0 Å². The van der Waals surface area contributed by atoms with E-state index in [-0.39, 0.29) is 11.3 Å². The highest BCUT2D eigenvalue weighted by Crippen LogP contribution is 2.31. The summed E-state index contributed by atoms with van der Waals surface area (Å²) in [5.41, 5.74) is 2.74. The number of carbonyl (C=O) groups excluding carboxylic acids is 1. The molecule has 1 amide bonds. The maximum Gasteiger partial charge on any atom is 0.258 e. The fourth-order valence-corrected chi connectivity index (χ4v) is 2.20. The fraction of sp³-hybridized carbons (Fsp3) is 0.294. The van der Waals surface area contributed by atoms with Gasteiger partial charge in [0.25, 0.3) is 5.91 Å². The zero-order valence-electron chi connectivity index (χ0n) is 12.4. The lowest BCUT2D eigenvalue weighted by molar-refractivity contribution is 0.0992. The van der Waals surface area contributed by atoms with Gasteiger partial charge >= 0.3 is 0 Å². The molecule has 104 valence electrons. The van der Waals surface area contributed by atoms with E-state index >= 15 is 0 Å². The van der Waals surface area contributed by atoms with Gasteiger partial charge in [0.15, 0.2) is 0 Å². The normalized spacial score (nSPS) is 11.2. The van der Waals surface area contributed by atoms with E-state index in [0.29, 0.717) is 5.56 Å². The molecule has 3 heteroatoms. The Morgan fingerprint density at radius 1 is 1.05 bits per heavy atom. The molecule has 0 fully saturated rings. The van der Waals surface area contributed by atoms with Crippen LogP contribution in [0.25, 0.3) is 0 Å². The quantitative estimate of drug-likeness (QED) is 0.833. The minimum atomic E-state index is -0.0240. The zero-order chi connectivity index (χ0) is 14.8. The first kappa shape index (κ1) is 14.3. The van der Waals surface area contributed by atoms with Crippen LogP contribution in [-0.4, -0.2) is 17.9 Å². The molecule has 0 aliphatic rings. The Morgan fingerprint density at radius 2 is 1.65 bits per heavy atom. The average Bonchev–Trinajstić information content (AvgIpc) is 2.46. The van der Waals surface area contributed by atoms with E-state index in [4.69, 9.17) is 0 Å². The summed E-state index contributed by atoms with van der Waals surface area (Å²) in [6, 6.07) is 11.5. The van der Waals surface area contributed by atoms with E-state index in [0.717, 1.165) is 11.3 Å². The number of pyridine rings is 1. The molecule has 0 aliphatic carbocycles. The molecule has 20 heavy (non-hydrogen) atoms. The Labute approximate surface area is 120 Å². The second kappa shape index (κ2) is 5.45. The number of hydrogen-bond acceptors (Lipinski definition) is 2. The van der Waals surface area contributed by atoms with Crippen LogP contribution in [0.1, 0.15) is 36.7 Å². The van der Waals surface area contributed by atoms with Crippen molar-refractivity contribution in [1.82, 2.24) is 4.98 Å². The lowest BCUT2D eigenvalue weighted by Gasteiger charge is -2.27. The predicted octanol–water partition coefficient (Wildman–Crippen LogP) is 3.66. The number of aromatic nitrogens is 1. The summed E-state index contributed by atoms with van der Waals surface area (Å²) < 4.78 is 0. The molecular weight excluding hydrogens is 248 g/mol. The van der Waals surface area contributed by atoms with Crippen LogP contribution in [0.15, 0.2) is 48.8 Å². The standard InChI is InChI=1S/C17H20N2O/c1-17(2,3)14-7-5-6-8-15(14)19(4)16(20)13-9-11-18-12-10-13/h5-12H,1-4H3. The van der Waals surface area contributed by atoms with E-state index in [1.165, 1.54) is 0 Å². The van der Waals surface area contributed by atoms with Crippen molar-refractivity contribution in [2.75, 3.05) is 11.9 Å². The van der Waals surface area contributed by atoms with Gasteiger partial charge in [0.2, 0.25) is 0 Å². The SMILES string of the molecule is CN(C(=O)c1ccncc1)c1ccccc1C(C)(C)C. The molecule has 2 aromatic rings. The van der Waals surface area contributed by atoms with Gasteiger partial charge < -0.3 is 4.90 Å². The third-order valence-electron chi connectivity index (χ3n) is 3.31. The summed E-state index contributed by atoms with van der Waals surface area (Å²) in [6.45, 7) is 6.45. The number of anilines is 1. The summed E-state index contributed by atoms with van der Waals surface area (Å²) in [7, 11) is 1.81. The van der Waals surface area contributed by atoms with Gasteiger partial charge in [0.05, 0.1) is 0 Å². The number of hydrogen-bond donors (Lipinski definition) is 0. The lowest BCUT2D eigenvalue weighted by atomic mass is 9.85. The van der Waals surface area contributed by atoms with Crippen LogP contribution in [0.3, 0.4) is 0 Å². The van der Waals surface area contributed by atoms with Gasteiger partial charge in [-0.15, -0.1) is 0 Å². The molecule has 0 saturated carbocycles. The highest BCUT2D eigenvalue weighted by atomic mass is 16.2. The summed E-state index contributed by atoms with van der Waals surface area (Å²) in [5, 5.41) is 0. The van der Waals surface area contributed by atoms with Crippen LogP contribution in [0.4, 0.5) is 5.69 Å². The third kappa shape index (κ3) is 2.87. The smallest absolute Gasteiger partial charge is 0.258 e. The maximum atomic E-state index is 12.5. The molecule has 0 N–H and O–H groups in total. The Morgan fingerprint density at radius 3 is 2.25 bits per heavy atom. The number of carbonyl (C=O) groups is 1. The molecular formula is C17H20N2O. The van der Waals surface area contributed by atoms with Gasteiger partial charge in [0, 0.05) is 30.7 Å². The van der Waals surface area contributed by atoms with E-state index < -0.39 is 0 Å². The third-order valence-corrected chi connectivity index (χ3v) is 3.31. The molecule has 0 spiro atoms. The first-order valence-electron chi connectivity index (χ1n) is 6.69. The Kier molecular flexibility index (Phi) is 3.89. The number of benzene rings is 1. The van der Waals surface area contributed by atoms with Crippen LogP contribution >= 0.6 is 0 Å². The van der Waals surface area contributed by atoms with E-state index in [2.05, 4.69) is 31.8 Å². The van der Waals surface area contributed by atoms with Crippen LogP contribution in [-0.2, 0) is 5.41 Å². The summed E-state index contributed by atoms with van der Waals surface area (Å²) in [4.78, 5) is 18.2.